The molecule has 1 aromatic carbocycles. The fraction of sp³-hybridized carbons (Fsp3) is 0.125. The molecule has 0 fully saturated rings. The predicted octanol–water partition coefficient (Wildman–Crippen LogP) is 4.07. The second-order valence-corrected chi connectivity index (χ2v) is 5.84. The number of rotatable bonds is 3. The van der Waals surface area contributed by atoms with E-state index in [1.165, 1.54) is 0 Å². The van der Waals surface area contributed by atoms with E-state index in [1.807, 2.05) is 30.6 Å². The summed E-state index contributed by atoms with van der Waals surface area (Å²) in [6, 6.07) is 12.2. The first-order valence-corrected chi connectivity index (χ1v) is 7.56. The Labute approximate surface area is 125 Å². The molecule has 5 heteroatoms. The van der Waals surface area contributed by atoms with Gasteiger partial charge in [0.2, 0.25) is 0 Å². The zero-order chi connectivity index (χ0) is 14.2. The number of benzene rings is 1. The van der Waals surface area contributed by atoms with Crippen LogP contribution in [-0.2, 0) is 6.54 Å². The fourth-order valence-electron chi connectivity index (χ4n) is 2.50. The highest BCUT2D eigenvalue weighted by atomic mass is 32.1. The number of hydrogen-bond acceptors (Lipinski definition) is 5. The molecule has 0 saturated heterocycles. The topological polar surface area (TPSA) is 42.2 Å². The number of para-hydroxylation sites is 1. The van der Waals surface area contributed by atoms with Gasteiger partial charge < -0.3 is 9.32 Å². The molecule has 0 atom stereocenters. The van der Waals surface area contributed by atoms with Gasteiger partial charge in [0.05, 0.1) is 11.9 Å². The quantitative estimate of drug-likeness (QED) is 0.571. The third kappa shape index (κ3) is 2.15. The summed E-state index contributed by atoms with van der Waals surface area (Å²) in [7, 11) is 2.02. The minimum Gasteiger partial charge on any atom is -0.459 e. The van der Waals surface area contributed by atoms with Crippen molar-refractivity contribution in [2.45, 2.75) is 6.54 Å². The molecule has 0 aliphatic carbocycles. The van der Waals surface area contributed by atoms with Crippen molar-refractivity contribution in [3.8, 4) is 0 Å². The summed E-state index contributed by atoms with van der Waals surface area (Å²) in [5.41, 5.74) is 0.921. The molecule has 0 amide bonds. The van der Waals surface area contributed by atoms with Crippen molar-refractivity contribution < 1.29 is 4.42 Å². The molecule has 4 aromatic rings. The minimum absolute atomic E-state index is 0.677. The summed E-state index contributed by atoms with van der Waals surface area (Å²) in [5, 5.41) is 4.25. The van der Waals surface area contributed by atoms with Crippen molar-refractivity contribution in [1.29, 1.82) is 0 Å². The van der Waals surface area contributed by atoms with E-state index in [9.17, 15) is 0 Å². The summed E-state index contributed by atoms with van der Waals surface area (Å²) in [5.74, 6) is 1.86. The average Bonchev–Trinajstić information content (AvgIpc) is 3.12. The first-order chi connectivity index (χ1) is 10.3. The highest BCUT2D eigenvalue weighted by Gasteiger charge is 2.12. The fourth-order valence-corrected chi connectivity index (χ4v) is 3.23. The second-order valence-electron chi connectivity index (χ2n) is 4.94. The standard InChI is InChI=1S/C16H13N3OS/c1-19(15-13-6-7-21-16(13)18-10-17-15)9-12-8-11-4-2-3-5-14(11)20-12/h2-8,10H,9H2,1H3. The molecular weight excluding hydrogens is 282 g/mol. The van der Waals surface area contributed by atoms with Crippen molar-refractivity contribution in [3.63, 3.8) is 0 Å². The van der Waals surface area contributed by atoms with Gasteiger partial charge in [-0.15, -0.1) is 11.3 Å². The van der Waals surface area contributed by atoms with Gasteiger partial charge in [-0.25, -0.2) is 9.97 Å². The van der Waals surface area contributed by atoms with Crippen LogP contribution in [0.4, 0.5) is 5.82 Å². The van der Waals surface area contributed by atoms with E-state index < -0.39 is 0 Å². The van der Waals surface area contributed by atoms with Crippen molar-refractivity contribution >= 4 is 38.3 Å². The Morgan fingerprint density at radius 3 is 3.00 bits per heavy atom. The molecule has 104 valence electrons. The van der Waals surface area contributed by atoms with E-state index in [0.29, 0.717) is 6.54 Å². The largest absolute Gasteiger partial charge is 0.459 e. The van der Waals surface area contributed by atoms with Crippen molar-refractivity contribution in [2.24, 2.45) is 0 Å². The van der Waals surface area contributed by atoms with Gasteiger partial charge in [0.15, 0.2) is 0 Å². The lowest BCUT2D eigenvalue weighted by Gasteiger charge is -2.17. The van der Waals surface area contributed by atoms with Gasteiger partial charge in [-0.1, -0.05) is 18.2 Å². The minimum atomic E-state index is 0.677. The normalized spacial score (nSPS) is 11.3. The summed E-state index contributed by atoms with van der Waals surface area (Å²) in [6.07, 6.45) is 1.61. The Hall–Kier alpha value is -2.40. The predicted molar refractivity (Wildman–Crippen MR) is 85.7 cm³/mol. The molecule has 0 unspecified atom stereocenters. The molecule has 0 aliphatic rings. The molecule has 3 heterocycles. The maximum Gasteiger partial charge on any atom is 0.140 e. The van der Waals surface area contributed by atoms with Gasteiger partial charge in [-0.3, -0.25) is 0 Å². The van der Waals surface area contributed by atoms with Gasteiger partial charge in [0, 0.05) is 12.4 Å². The maximum absolute atomic E-state index is 5.87. The lowest BCUT2D eigenvalue weighted by atomic mass is 10.2. The SMILES string of the molecule is CN(Cc1cc2ccccc2o1)c1ncnc2sccc12. The summed E-state index contributed by atoms with van der Waals surface area (Å²) >= 11 is 1.63. The third-order valence-corrected chi connectivity index (χ3v) is 4.29. The zero-order valence-electron chi connectivity index (χ0n) is 11.5. The van der Waals surface area contributed by atoms with Crippen LogP contribution < -0.4 is 4.90 Å². The van der Waals surface area contributed by atoms with Gasteiger partial charge in [-0.2, -0.15) is 0 Å². The van der Waals surface area contributed by atoms with E-state index in [-0.39, 0.29) is 0 Å². The lowest BCUT2D eigenvalue weighted by molar-refractivity contribution is 0.545. The summed E-state index contributed by atoms with van der Waals surface area (Å²) < 4.78 is 5.87. The number of hydrogen-bond donors (Lipinski definition) is 0. The van der Waals surface area contributed by atoms with E-state index in [4.69, 9.17) is 4.42 Å². The van der Waals surface area contributed by atoms with Gasteiger partial charge in [-0.05, 0) is 23.6 Å². The Morgan fingerprint density at radius 1 is 1.19 bits per heavy atom. The first-order valence-electron chi connectivity index (χ1n) is 6.68. The van der Waals surface area contributed by atoms with E-state index in [0.717, 1.165) is 32.8 Å². The molecule has 0 N–H and O–H groups in total. The first kappa shape index (κ1) is 12.3. The van der Waals surface area contributed by atoms with Crippen LogP contribution in [0.1, 0.15) is 5.76 Å². The van der Waals surface area contributed by atoms with E-state index >= 15 is 0 Å². The van der Waals surface area contributed by atoms with E-state index in [2.05, 4.69) is 33.1 Å². The molecule has 0 bridgehead atoms. The van der Waals surface area contributed by atoms with Crippen molar-refractivity contribution in [2.75, 3.05) is 11.9 Å². The van der Waals surface area contributed by atoms with Crippen LogP contribution in [0.25, 0.3) is 21.2 Å². The Bertz CT molecular complexity index is 879. The molecule has 4 rings (SSSR count). The second kappa shape index (κ2) is 4.86. The van der Waals surface area contributed by atoms with Crippen LogP contribution in [-0.4, -0.2) is 17.0 Å². The van der Waals surface area contributed by atoms with Crippen LogP contribution in [0.15, 0.2) is 52.5 Å². The van der Waals surface area contributed by atoms with E-state index in [1.54, 1.807) is 17.7 Å². The van der Waals surface area contributed by atoms with Crippen LogP contribution in [0.3, 0.4) is 0 Å². The number of aromatic nitrogens is 2. The van der Waals surface area contributed by atoms with Crippen LogP contribution in [0.5, 0.6) is 0 Å². The van der Waals surface area contributed by atoms with Gasteiger partial charge >= 0.3 is 0 Å². The number of anilines is 1. The monoisotopic (exact) mass is 295 g/mol. The molecule has 3 aromatic heterocycles. The smallest absolute Gasteiger partial charge is 0.140 e. The molecule has 21 heavy (non-hydrogen) atoms. The highest BCUT2D eigenvalue weighted by Crippen LogP contribution is 2.27. The maximum atomic E-state index is 5.87. The molecule has 4 nitrogen and oxygen atoms in total. The van der Waals surface area contributed by atoms with Crippen LogP contribution in [0.2, 0.25) is 0 Å². The molecule has 0 radical (unpaired) electrons. The average molecular weight is 295 g/mol. The molecule has 0 spiro atoms. The van der Waals surface area contributed by atoms with Gasteiger partial charge in [0.25, 0.3) is 0 Å². The number of nitrogens with zero attached hydrogens (tertiary/aromatic N) is 3. The zero-order valence-corrected chi connectivity index (χ0v) is 12.3. The van der Waals surface area contributed by atoms with Crippen molar-refractivity contribution in [3.05, 3.63) is 53.9 Å². The summed E-state index contributed by atoms with van der Waals surface area (Å²) in [6.45, 7) is 0.677. The Morgan fingerprint density at radius 2 is 2.10 bits per heavy atom. The third-order valence-electron chi connectivity index (χ3n) is 3.47. The lowest BCUT2D eigenvalue weighted by Crippen LogP contribution is -2.17. The number of furan rings is 1. The number of fused-ring (bicyclic) bond motifs is 2. The molecule has 0 saturated carbocycles. The number of thiophene rings is 1. The Kier molecular flexibility index (Phi) is 2.86. The Balaban J connectivity index is 1.68. The summed E-state index contributed by atoms with van der Waals surface area (Å²) in [4.78, 5) is 11.8. The molecular formula is C16H13N3OS. The van der Waals surface area contributed by atoms with Crippen LogP contribution in [0, 0.1) is 0 Å². The van der Waals surface area contributed by atoms with Crippen LogP contribution >= 0.6 is 11.3 Å². The molecule has 0 aliphatic heterocycles. The van der Waals surface area contributed by atoms with Crippen molar-refractivity contribution in [1.82, 2.24) is 9.97 Å². The highest BCUT2D eigenvalue weighted by molar-refractivity contribution is 7.16. The van der Waals surface area contributed by atoms with Gasteiger partial charge in [0.1, 0.15) is 28.3 Å².